The number of amidine groups is 1. The monoisotopic (exact) mass is 220 g/mol. The molecule has 1 rings (SSSR count). The van der Waals surface area contributed by atoms with Gasteiger partial charge in [-0.1, -0.05) is 11.6 Å². The number of alkyl halides is 2. The second-order valence-corrected chi connectivity index (χ2v) is 2.87. The van der Waals surface area contributed by atoms with Crippen LogP contribution in [0.4, 0.5) is 8.78 Å². The number of nitrogen functional groups attached to an aromatic ring is 1. The van der Waals surface area contributed by atoms with Crippen LogP contribution in [0.5, 0.6) is 5.75 Å². The Kier molecular flexibility index (Phi) is 3.24. The van der Waals surface area contributed by atoms with E-state index in [1.807, 2.05) is 0 Å². The van der Waals surface area contributed by atoms with Crippen LogP contribution in [0, 0.1) is 5.41 Å². The van der Waals surface area contributed by atoms with Crippen LogP contribution >= 0.6 is 11.6 Å². The zero-order chi connectivity index (χ0) is 10.7. The predicted molar refractivity (Wildman–Crippen MR) is 49.1 cm³/mol. The number of nitrogens with two attached hydrogens (primary N) is 1. The van der Waals surface area contributed by atoms with Gasteiger partial charge in [0, 0.05) is 5.02 Å². The van der Waals surface area contributed by atoms with Crippen molar-refractivity contribution in [2.24, 2.45) is 5.73 Å². The minimum atomic E-state index is -2.97. The molecule has 0 atom stereocenters. The van der Waals surface area contributed by atoms with Crippen molar-refractivity contribution in [2.45, 2.75) is 6.61 Å². The van der Waals surface area contributed by atoms with E-state index in [2.05, 4.69) is 4.74 Å². The lowest BCUT2D eigenvalue weighted by molar-refractivity contribution is -0.0499. The van der Waals surface area contributed by atoms with Crippen molar-refractivity contribution in [3.05, 3.63) is 28.8 Å². The van der Waals surface area contributed by atoms with Gasteiger partial charge in [0.05, 0.1) is 5.56 Å². The highest BCUT2D eigenvalue weighted by atomic mass is 35.5. The summed E-state index contributed by atoms with van der Waals surface area (Å²) in [6, 6.07) is 3.98. The molecule has 0 fully saturated rings. The molecule has 0 saturated carbocycles. The third kappa shape index (κ3) is 2.56. The lowest BCUT2D eigenvalue weighted by Gasteiger charge is -2.09. The molecular weight excluding hydrogens is 214 g/mol. The maximum Gasteiger partial charge on any atom is 0.387 e. The Bertz CT molecular complexity index is 357. The zero-order valence-corrected chi connectivity index (χ0v) is 7.68. The molecule has 3 N–H and O–H groups in total. The van der Waals surface area contributed by atoms with Crippen LogP contribution in [0.25, 0.3) is 0 Å². The summed E-state index contributed by atoms with van der Waals surface area (Å²) in [7, 11) is 0. The highest BCUT2D eigenvalue weighted by molar-refractivity contribution is 6.30. The highest BCUT2D eigenvalue weighted by Gasteiger charge is 2.11. The fraction of sp³-hybridized carbons (Fsp3) is 0.125. The fourth-order valence-electron chi connectivity index (χ4n) is 0.912. The smallest absolute Gasteiger partial charge is 0.387 e. The van der Waals surface area contributed by atoms with Crippen molar-refractivity contribution < 1.29 is 13.5 Å². The first-order valence-electron chi connectivity index (χ1n) is 3.59. The minimum absolute atomic E-state index is 0.0923. The quantitative estimate of drug-likeness (QED) is 0.606. The van der Waals surface area contributed by atoms with Gasteiger partial charge in [0.15, 0.2) is 0 Å². The Morgan fingerprint density at radius 3 is 2.64 bits per heavy atom. The van der Waals surface area contributed by atoms with Gasteiger partial charge in [0.1, 0.15) is 11.6 Å². The summed E-state index contributed by atoms with van der Waals surface area (Å²) in [5.41, 5.74) is 5.25. The number of hydrogen-bond acceptors (Lipinski definition) is 2. The second-order valence-electron chi connectivity index (χ2n) is 2.43. The van der Waals surface area contributed by atoms with E-state index in [0.717, 1.165) is 0 Å². The van der Waals surface area contributed by atoms with Gasteiger partial charge in [0.25, 0.3) is 0 Å². The maximum absolute atomic E-state index is 11.9. The molecule has 76 valence electrons. The first-order chi connectivity index (χ1) is 6.50. The molecule has 0 heterocycles. The summed E-state index contributed by atoms with van der Waals surface area (Å²) in [6.07, 6.45) is 0. The number of halogens is 3. The molecule has 0 aliphatic heterocycles. The second kappa shape index (κ2) is 4.23. The Balaban J connectivity index is 3.09. The van der Waals surface area contributed by atoms with Crippen molar-refractivity contribution >= 4 is 17.4 Å². The van der Waals surface area contributed by atoms with Crippen LogP contribution in [-0.4, -0.2) is 12.4 Å². The van der Waals surface area contributed by atoms with Crippen LogP contribution < -0.4 is 10.5 Å². The first kappa shape index (κ1) is 10.7. The number of hydrogen-bond donors (Lipinski definition) is 2. The normalized spacial score (nSPS) is 10.3. The molecule has 0 bridgehead atoms. The van der Waals surface area contributed by atoms with Crippen molar-refractivity contribution in [3.63, 3.8) is 0 Å². The fourth-order valence-corrected chi connectivity index (χ4v) is 1.07. The molecule has 0 unspecified atom stereocenters. The molecule has 0 radical (unpaired) electrons. The molecule has 1 aromatic carbocycles. The van der Waals surface area contributed by atoms with Crippen LogP contribution in [0.2, 0.25) is 5.02 Å². The van der Waals surface area contributed by atoms with E-state index < -0.39 is 6.61 Å². The Labute approximate surface area is 83.9 Å². The first-order valence-corrected chi connectivity index (χ1v) is 3.97. The topological polar surface area (TPSA) is 59.1 Å². The molecule has 0 aliphatic rings. The lowest BCUT2D eigenvalue weighted by Crippen LogP contribution is -2.14. The Morgan fingerprint density at radius 1 is 1.50 bits per heavy atom. The molecule has 0 saturated heterocycles. The summed E-state index contributed by atoms with van der Waals surface area (Å²) in [4.78, 5) is 0. The van der Waals surface area contributed by atoms with Gasteiger partial charge in [-0.05, 0) is 18.2 Å². The zero-order valence-electron chi connectivity index (χ0n) is 6.93. The number of nitrogens with one attached hydrogen (secondary N) is 1. The number of benzene rings is 1. The molecule has 3 nitrogen and oxygen atoms in total. The van der Waals surface area contributed by atoms with Crippen molar-refractivity contribution in [3.8, 4) is 5.75 Å². The average Bonchev–Trinajstić information content (AvgIpc) is 2.01. The molecule has 0 spiro atoms. The SMILES string of the molecule is N=C(N)c1ccc(Cl)cc1OC(F)F. The highest BCUT2D eigenvalue weighted by Crippen LogP contribution is 2.24. The van der Waals surface area contributed by atoms with Crippen LogP contribution in [0.3, 0.4) is 0 Å². The van der Waals surface area contributed by atoms with Gasteiger partial charge in [-0.3, -0.25) is 5.41 Å². The summed E-state index contributed by atoms with van der Waals surface area (Å²) < 4.78 is 28.0. The summed E-state index contributed by atoms with van der Waals surface area (Å²) in [5.74, 6) is -0.544. The molecule has 6 heteroatoms. The molecule has 14 heavy (non-hydrogen) atoms. The molecular formula is C8H7ClF2N2O. The van der Waals surface area contributed by atoms with Gasteiger partial charge in [-0.25, -0.2) is 0 Å². The molecule has 0 aliphatic carbocycles. The molecule has 0 aromatic heterocycles. The summed E-state index contributed by atoms with van der Waals surface area (Å²) in [5, 5.41) is 7.34. The summed E-state index contributed by atoms with van der Waals surface area (Å²) in [6.45, 7) is -2.97. The van der Waals surface area contributed by atoms with Crippen molar-refractivity contribution in [1.29, 1.82) is 5.41 Å². The lowest BCUT2D eigenvalue weighted by atomic mass is 10.2. The third-order valence-corrected chi connectivity index (χ3v) is 1.68. The third-order valence-electron chi connectivity index (χ3n) is 1.45. The van der Waals surface area contributed by atoms with E-state index in [1.165, 1.54) is 18.2 Å². The van der Waals surface area contributed by atoms with Crippen LogP contribution in [0.1, 0.15) is 5.56 Å². The van der Waals surface area contributed by atoms with E-state index in [9.17, 15) is 8.78 Å². The van der Waals surface area contributed by atoms with Crippen molar-refractivity contribution in [1.82, 2.24) is 0 Å². The Hall–Kier alpha value is -1.36. The molecule has 0 amide bonds. The summed E-state index contributed by atoms with van der Waals surface area (Å²) >= 11 is 5.57. The standard InChI is InChI=1S/C8H7ClF2N2O/c9-4-1-2-5(7(12)13)6(3-4)14-8(10)11/h1-3,8H,(H3,12,13). The number of rotatable bonds is 3. The number of ether oxygens (including phenoxy) is 1. The van der Waals surface area contributed by atoms with Crippen LogP contribution in [0.15, 0.2) is 18.2 Å². The largest absolute Gasteiger partial charge is 0.434 e. The van der Waals surface area contributed by atoms with E-state index in [-0.39, 0.29) is 22.2 Å². The van der Waals surface area contributed by atoms with Gasteiger partial charge in [-0.2, -0.15) is 8.78 Å². The van der Waals surface area contributed by atoms with Crippen LogP contribution in [-0.2, 0) is 0 Å². The molecule has 1 aromatic rings. The van der Waals surface area contributed by atoms with E-state index >= 15 is 0 Å². The van der Waals surface area contributed by atoms with Gasteiger partial charge < -0.3 is 10.5 Å². The van der Waals surface area contributed by atoms with Gasteiger partial charge >= 0.3 is 6.61 Å². The van der Waals surface area contributed by atoms with E-state index in [4.69, 9.17) is 22.7 Å². The van der Waals surface area contributed by atoms with Gasteiger partial charge in [0.2, 0.25) is 0 Å². The Morgan fingerprint density at radius 2 is 2.14 bits per heavy atom. The van der Waals surface area contributed by atoms with Crippen molar-refractivity contribution in [2.75, 3.05) is 0 Å². The van der Waals surface area contributed by atoms with E-state index in [0.29, 0.717) is 0 Å². The van der Waals surface area contributed by atoms with Gasteiger partial charge in [-0.15, -0.1) is 0 Å². The van der Waals surface area contributed by atoms with E-state index in [1.54, 1.807) is 0 Å². The predicted octanol–water partition coefficient (Wildman–Crippen LogP) is 2.23. The average molecular weight is 221 g/mol. The maximum atomic E-state index is 11.9. The minimum Gasteiger partial charge on any atom is -0.434 e.